The molecule has 0 bridgehead atoms. The van der Waals surface area contributed by atoms with Crippen molar-refractivity contribution in [2.24, 2.45) is 12.1 Å². The van der Waals surface area contributed by atoms with E-state index >= 15 is 0 Å². The molecule has 0 saturated carbocycles. The minimum atomic E-state index is -1.35. The van der Waals surface area contributed by atoms with E-state index in [1.54, 1.807) is 16.5 Å². The average molecular weight is 253 g/mol. The Kier molecular flexibility index (Phi) is 3.33. The Morgan fingerprint density at radius 2 is 2.28 bits per heavy atom. The van der Waals surface area contributed by atoms with Crippen LogP contribution < -0.4 is 4.90 Å². The van der Waals surface area contributed by atoms with E-state index in [2.05, 4.69) is 16.8 Å². The smallest absolute Gasteiger partial charge is 0.161 e. The highest BCUT2D eigenvalue weighted by Gasteiger charge is 2.28. The minimum Gasteiger partial charge on any atom is -0.393 e. The van der Waals surface area contributed by atoms with E-state index in [1.807, 2.05) is 19.3 Å². The van der Waals surface area contributed by atoms with Gasteiger partial charge in [0.05, 0.1) is 13.2 Å². The van der Waals surface area contributed by atoms with Crippen LogP contribution in [0.2, 0.25) is 0 Å². The van der Waals surface area contributed by atoms with Gasteiger partial charge in [-0.2, -0.15) is 10.2 Å². The first-order valence-corrected chi connectivity index (χ1v) is 5.59. The second kappa shape index (κ2) is 4.77. The van der Waals surface area contributed by atoms with E-state index in [-0.39, 0.29) is 6.54 Å². The number of alkyl halides is 1. The number of aliphatic hydroxyl groups excluding tert-OH is 1. The van der Waals surface area contributed by atoms with Crippen LogP contribution in [-0.4, -0.2) is 45.1 Å². The SMILES string of the molecule is C=C1N(C[C@H](F)CO)N=C(C)N1c1ccn(C)n1. The Morgan fingerprint density at radius 3 is 2.83 bits per heavy atom. The molecule has 0 aliphatic carbocycles. The summed E-state index contributed by atoms with van der Waals surface area (Å²) in [6.07, 6.45) is 0.464. The quantitative estimate of drug-likeness (QED) is 0.857. The number of nitrogens with zero attached hydrogens (tertiary/aromatic N) is 5. The van der Waals surface area contributed by atoms with Gasteiger partial charge in [0.15, 0.2) is 5.82 Å². The maximum absolute atomic E-state index is 13.2. The highest BCUT2D eigenvalue weighted by Crippen LogP contribution is 2.25. The molecule has 2 rings (SSSR count). The predicted molar refractivity (Wildman–Crippen MR) is 66.6 cm³/mol. The van der Waals surface area contributed by atoms with Gasteiger partial charge in [-0.15, -0.1) is 0 Å². The van der Waals surface area contributed by atoms with Gasteiger partial charge in [0.2, 0.25) is 0 Å². The Balaban J connectivity index is 2.16. The maximum atomic E-state index is 13.2. The van der Waals surface area contributed by atoms with Crippen molar-refractivity contribution in [1.29, 1.82) is 0 Å². The lowest BCUT2D eigenvalue weighted by Crippen LogP contribution is -2.31. The number of aryl methyl sites for hydroxylation is 1. The third-order valence-electron chi connectivity index (χ3n) is 2.64. The zero-order valence-electron chi connectivity index (χ0n) is 10.4. The van der Waals surface area contributed by atoms with E-state index in [0.29, 0.717) is 17.5 Å². The van der Waals surface area contributed by atoms with Gasteiger partial charge >= 0.3 is 0 Å². The summed E-state index contributed by atoms with van der Waals surface area (Å²) >= 11 is 0. The third kappa shape index (κ3) is 2.21. The van der Waals surface area contributed by atoms with Crippen molar-refractivity contribution in [3.8, 4) is 0 Å². The molecule has 1 aliphatic rings. The largest absolute Gasteiger partial charge is 0.393 e. The predicted octanol–water partition coefficient (Wildman–Crippen LogP) is 0.677. The molecule has 1 aromatic heterocycles. The fraction of sp³-hybridized carbons (Fsp3) is 0.455. The molecule has 1 aliphatic heterocycles. The zero-order chi connectivity index (χ0) is 13.3. The molecule has 0 fully saturated rings. The van der Waals surface area contributed by atoms with Gasteiger partial charge in [-0.1, -0.05) is 6.58 Å². The Morgan fingerprint density at radius 1 is 1.56 bits per heavy atom. The summed E-state index contributed by atoms with van der Waals surface area (Å²) in [4.78, 5) is 1.74. The molecular formula is C11H16FN5O. The summed E-state index contributed by atoms with van der Waals surface area (Å²) in [5, 5.41) is 18.6. The number of anilines is 1. The fourth-order valence-electron chi connectivity index (χ4n) is 1.79. The number of hydrogen-bond acceptors (Lipinski definition) is 5. The number of rotatable bonds is 4. The van der Waals surface area contributed by atoms with Crippen LogP contribution in [0.15, 0.2) is 29.8 Å². The van der Waals surface area contributed by atoms with E-state index in [1.165, 1.54) is 5.01 Å². The highest BCUT2D eigenvalue weighted by molar-refractivity contribution is 5.99. The summed E-state index contributed by atoms with van der Waals surface area (Å²) in [7, 11) is 1.82. The molecule has 7 heteroatoms. The molecule has 0 aromatic carbocycles. The lowest BCUT2D eigenvalue weighted by atomic mass is 10.4. The van der Waals surface area contributed by atoms with Crippen LogP contribution in [0.4, 0.5) is 10.2 Å². The van der Waals surface area contributed by atoms with Crippen molar-refractivity contribution in [2.75, 3.05) is 18.1 Å². The summed E-state index contributed by atoms with van der Waals surface area (Å²) in [5.74, 6) is 1.89. The van der Waals surface area contributed by atoms with Gasteiger partial charge in [-0.3, -0.25) is 9.58 Å². The summed E-state index contributed by atoms with van der Waals surface area (Å²) < 4.78 is 14.8. The Labute approximate surface area is 105 Å². The molecule has 1 N–H and O–H groups in total. The molecule has 0 amide bonds. The highest BCUT2D eigenvalue weighted by atomic mass is 19.1. The van der Waals surface area contributed by atoms with Crippen LogP contribution in [0, 0.1) is 0 Å². The minimum absolute atomic E-state index is 0.0179. The molecule has 0 spiro atoms. The first-order valence-electron chi connectivity index (χ1n) is 5.59. The van der Waals surface area contributed by atoms with Crippen molar-refractivity contribution in [3.05, 3.63) is 24.7 Å². The number of halogens is 1. The van der Waals surface area contributed by atoms with Crippen molar-refractivity contribution in [1.82, 2.24) is 14.8 Å². The van der Waals surface area contributed by atoms with Crippen LogP contribution in [0.5, 0.6) is 0 Å². The van der Waals surface area contributed by atoms with Gasteiger partial charge in [0.25, 0.3) is 0 Å². The van der Waals surface area contributed by atoms with Gasteiger partial charge in [-0.05, 0) is 6.92 Å². The van der Waals surface area contributed by atoms with E-state index in [0.717, 1.165) is 0 Å². The molecule has 1 aromatic rings. The second-order valence-electron chi connectivity index (χ2n) is 4.11. The molecule has 1 atom stereocenters. The summed E-state index contributed by atoms with van der Waals surface area (Å²) in [6, 6.07) is 1.83. The molecule has 0 radical (unpaired) electrons. The van der Waals surface area contributed by atoms with Crippen LogP contribution >= 0.6 is 0 Å². The number of aromatic nitrogens is 2. The van der Waals surface area contributed by atoms with Crippen molar-refractivity contribution in [3.63, 3.8) is 0 Å². The zero-order valence-corrected chi connectivity index (χ0v) is 10.4. The molecule has 6 nitrogen and oxygen atoms in total. The average Bonchev–Trinajstić information content (AvgIpc) is 2.84. The van der Waals surface area contributed by atoms with E-state index in [9.17, 15) is 4.39 Å². The maximum Gasteiger partial charge on any atom is 0.161 e. The molecule has 18 heavy (non-hydrogen) atoms. The monoisotopic (exact) mass is 253 g/mol. The first kappa shape index (κ1) is 12.6. The topological polar surface area (TPSA) is 56.9 Å². The summed E-state index contributed by atoms with van der Waals surface area (Å²) in [6.45, 7) is 5.13. The van der Waals surface area contributed by atoms with Gasteiger partial charge in [0, 0.05) is 19.3 Å². The molecule has 0 saturated heterocycles. The third-order valence-corrected chi connectivity index (χ3v) is 2.64. The number of aliphatic hydroxyl groups is 1. The van der Waals surface area contributed by atoms with Gasteiger partial charge < -0.3 is 5.11 Å². The molecule has 98 valence electrons. The summed E-state index contributed by atoms with van der Waals surface area (Å²) in [5.41, 5.74) is 0. The number of amidine groups is 1. The van der Waals surface area contributed by atoms with Gasteiger partial charge in [-0.25, -0.2) is 9.40 Å². The fourth-order valence-corrected chi connectivity index (χ4v) is 1.79. The standard InChI is InChI=1S/C11H16FN5O/c1-8-13-16(6-10(12)7-18)9(2)17(8)11-4-5-15(3)14-11/h4-5,10,18H,2,6-7H2,1,3H3/t10-/m0/s1. The van der Waals surface area contributed by atoms with Crippen LogP contribution in [0.1, 0.15) is 6.92 Å². The van der Waals surface area contributed by atoms with Crippen LogP contribution in [0.25, 0.3) is 0 Å². The Bertz CT molecular complexity index is 484. The van der Waals surface area contributed by atoms with Gasteiger partial charge in [0.1, 0.15) is 17.8 Å². The van der Waals surface area contributed by atoms with Crippen molar-refractivity contribution >= 4 is 11.7 Å². The normalized spacial score (nSPS) is 17.3. The lowest BCUT2D eigenvalue weighted by Gasteiger charge is -2.21. The van der Waals surface area contributed by atoms with Crippen LogP contribution in [0.3, 0.4) is 0 Å². The van der Waals surface area contributed by atoms with Crippen molar-refractivity contribution in [2.45, 2.75) is 13.1 Å². The molecule has 0 unspecified atom stereocenters. The Hall–Kier alpha value is -1.89. The molecule has 2 heterocycles. The second-order valence-corrected chi connectivity index (χ2v) is 4.11. The van der Waals surface area contributed by atoms with E-state index < -0.39 is 12.8 Å². The lowest BCUT2D eigenvalue weighted by molar-refractivity contribution is 0.145. The van der Waals surface area contributed by atoms with Crippen molar-refractivity contribution < 1.29 is 9.50 Å². The van der Waals surface area contributed by atoms with Crippen LogP contribution in [-0.2, 0) is 7.05 Å². The number of hydrazone groups is 1. The first-order chi connectivity index (χ1) is 8.52. The van der Waals surface area contributed by atoms with E-state index in [4.69, 9.17) is 5.11 Å². The number of hydrogen-bond donors (Lipinski definition) is 1. The molecular weight excluding hydrogens is 237 g/mol.